The first-order valence-corrected chi connectivity index (χ1v) is 6.37. The van der Waals surface area contributed by atoms with Gasteiger partial charge in [0, 0.05) is 12.4 Å². The molecule has 20 heavy (non-hydrogen) atoms. The van der Waals surface area contributed by atoms with Crippen molar-refractivity contribution in [2.24, 2.45) is 0 Å². The van der Waals surface area contributed by atoms with Crippen molar-refractivity contribution < 1.29 is 9.53 Å². The number of aromatic nitrogens is 2. The molecular weight excluding hydrogens is 254 g/mol. The summed E-state index contributed by atoms with van der Waals surface area (Å²) in [6, 6.07) is 5.75. The fourth-order valence-electron chi connectivity index (χ4n) is 1.79. The molecular formula is C15H17N3O2. The minimum atomic E-state index is -0.308. The normalized spacial score (nSPS) is 10.4. The second-order valence-electron chi connectivity index (χ2n) is 4.66. The maximum absolute atomic E-state index is 12.1. The zero-order chi connectivity index (χ0) is 14.5. The highest BCUT2D eigenvalue weighted by Crippen LogP contribution is 2.28. The summed E-state index contributed by atoms with van der Waals surface area (Å²) in [5, 5.41) is 2.81. The van der Waals surface area contributed by atoms with Gasteiger partial charge in [0.15, 0.2) is 0 Å². The lowest BCUT2D eigenvalue weighted by atomic mass is 10.0. The standard InChI is InChI=1S/C15H17N3O2/c1-10(2)11-4-5-14(20-3)12(8-11)18-15(19)13-9-16-6-7-17-13/h4-10H,1-3H3,(H,18,19). The van der Waals surface area contributed by atoms with Crippen LogP contribution in [0, 0.1) is 0 Å². The average molecular weight is 271 g/mol. The highest BCUT2D eigenvalue weighted by Gasteiger charge is 2.12. The van der Waals surface area contributed by atoms with E-state index in [-0.39, 0.29) is 11.6 Å². The van der Waals surface area contributed by atoms with E-state index in [0.717, 1.165) is 5.56 Å². The lowest BCUT2D eigenvalue weighted by Gasteiger charge is -2.13. The van der Waals surface area contributed by atoms with E-state index >= 15 is 0 Å². The molecule has 1 aromatic heterocycles. The van der Waals surface area contributed by atoms with Crippen LogP contribution in [0.25, 0.3) is 0 Å². The van der Waals surface area contributed by atoms with Crippen LogP contribution in [0.4, 0.5) is 5.69 Å². The van der Waals surface area contributed by atoms with Crippen LogP contribution < -0.4 is 10.1 Å². The summed E-state index contributed by atoms with van der Waals surface area (Å²) in [5.74, 6) is 0.678. The summed E-state index contributed by atoms with van der Waals surface area (Å²) in [5.41, 5.74) is 2.03. The van der Waals surface area contributed by atoms with Gasteiger partial charge in [0.2, 0.25) is 0 Å². The Bertz CT molecular complexity index is 597. The number of ether oxygens (including phenoxy) is 1. The van der Waals surface area contributed by atoms with E-state index in [1.54, 1.807) is 7.11 Å². The van der Waals surface area contributed by atoms with Gasteiger partial charge in [0.25, 0.3) is 5.91 Å². The second kappa shape index (κ2) is 6.14. The molecule has 2 aromatic rings. The van der Waals surface area contributed by atoms with Crippen molar-refractivity contribution in [2.75, 3.05) is 12.4 Å². The molecule has 0 unspecified atom stereocenters. The molecule has 2 rings (SSSR count). The molecule has 1 heterocycles. The molecule has 5 heteroatoms. The monoisotopic (exact) mass is 271 g/mol. The first kappa shape index (κ1) is 14.0. The Kier molecular flexibility index (Phi) is 4.30. The maximum Gasteiger partial charge on any atom is 0.275 e. The van der Waals surface area contributed by atoms with Crippen molar-refractivity contribution >= 4 is 11.6 Å². The number of hydrogen-bond donors (Lipinski definition) is 1. The van der Waals surface area contributed by atoms with E-state index in [9.17, 15) is 4.79 Å². The Morgan fingerprint density at radius 2 is 2.10 bits per heavy atom. The van der Waals surface area contributed by atoms with Crippen LogP contribution in [-0.2, 0) is 0 Å². The molecule has 0 radical (unpaired) electrons. The van der Waals surface area contributed by atoms with Crippen molar-refractivity contribution in [1.29, 1.82) is 0 Å². The number of carbonyl (C=O) groups excluding carboxylic acids is 1. The van der Waals surface area contributed by atoms with Crippen molar-refractivity contribution in [1.82, 2.24) is 9.97 Å². The number of nitrogens with one attached hydrogen (secondary N) is 1. The van der Waals surface area contributed by atoms with Gasteiger partial charge in [-0.1, -0.05) is 19.9 Å². The van der Waals surface area contributed by atoms with E-state index in [4.69, 9.17) is 4.74 Å². The van der Waals surface area contributed by atoms with E-state index in [1.165, 1.54) is 18.6 Å². The smallest absolute Gasteiger partial charge is 0.275 e. The number of rotatable bonds is 4. The van der Waals surface area contributed by atoms with E-state index in [0.29, 0.717) is 17.4 Å². The lowest BCUT2D eigenvalue weighted by molar-refractivity contribution is 0.102. The predicted molar refractivity (Wildman–Crippen MR) is 77.1 cm³/mol. The van der Waals surface area contributed by atoms with Crippen LogP contribution in [0.15, 0.2) is 36.8 Å². The molecule has 104 valence electrons. The quantitative estimate of drug-likeness (QED) is 0.928. The number of amides is 1. The first-order chi connectivity index (χ1) is 9.61. The lowest BCUT2D eigenvalue weighted by Crippen LogP contribution is -2.14. The van der Waals surface area contributed by atoms with Crippen LogP contribution in [0.2, 0.25) is 0 Å². The molecule has 0 spiro atoms. The summed E-state index contributed by atoms with van der Waals surface area (Å²) in [6.07, 6.45) is 4.43. The van der Waals surface area contributed by atoms with Crippen LogP contribution in [0.5, 0.6) is 5.75 Å². The highest BCUT2D eigenvalue weighted by molar-refractivity contribution is 6.03. The largest absolute Gasteiger partial charge is 0.495 e. The van der Waals surface area contributed by atoms with Crippen molar-refractivity contribution in [3.63, 3.8) is 0 Å². The summed E-state index contributed by atoms with van der Waals surface area (Å²) < 4.78 is 5.27. The van der Waals surface area contributed by atoms with Crippen molar-refractivity contribution in [3.05, 3.63) is 48.0 Å². The molecule has 1 amide bonds. The van der Waals surface area contributed by atoms with Crippen LogP contribution >= 0.6 is 0 Å². The molecule has 0 aliphatic heterocycles. The highest BCUT2D eigenvalue weighted by atomic mass is 16.5. The second-order valence-corrected chi connectivity index (χ2v) is 4.66. The fourth-order valence-corrected chi connectivity index (χ4v) is 1.79. The number of hydrogen-bond acceptors (Lipinski definition) is 4. The molecule has 0 saturated carbocycles. The SMILES string of the molecule is COc1ccc(C(C)C)cc1NC(=O)c1cnccn1. The predicted octanol–water partition coefficient (Wildman–Crippen LogP) is 2.86. The third kappa shape index (κ3) is 3.12. The van der Waals surface area contributed by atoms with E-state index < -0.39 is 0 Å². The minimum Gasteiger partial charge on any atom is -0.495 e. The summed E-state index contributed by atoms with van der Waals surface area (Å²) in [6.45, 7) is 4.19. The number of nitrogens with zero attached hydrogens (tertiary/aromatic N) is 2. The molecule has 1 N–H and O–H groups in total. The van der Waals surface area contributed by atoms with Gasteiger partial charge in [0.1, 0.15) is 11.4 Å². The topological polar surface area (TPSA) is 64.1 Å². The van der Waals surface area contributed by atoms with Gasteiger partial charge >= 0.3 is 0 Å². The van der Waals surface area contributed by atoms with Crippen LogP contribution in [0.1, 0.15) is 35.8 Å². The average Bonchev–Trinajstić information content (AvgIpc) is 2.48. The summed E-state index contributed by atoms with van der Waals surface area (Å²) in [4.78, 5) is 19.9. The van der Waals surface area contributed by atoms with Gasteiger partial charge < -0.3 is 10.1 Å². The van der Waals surface area contributed by atoms with Crippen LogP contribution in [-0.4, -0.2) is 23.0 Å². The van der Waals surface area contributed by atoms with Gasteiger partial charge in [0.05, 0.1) is 19.0 Å². The molecule has 0 aliphatic rings. The number of carbonyl (C=O) groups is 1. The zero-order valence-corrected chi connectivity index (χ0v) is 11.8. The molecule has 1 aromatic carbocycles. The Hall–Kier alpha value is -2.43. The molecule has 0 fully saturated rings. The third-order valence-corrected chi connectivity index (χ3v) is 2.93. The van der Waals surface area contributed by atoms with E-state index in [1.807, 2.05) is 18.2 Å². The number of anilines is 1. The maximum atomic E-state index is 12.1. The Morgan fingerprint density at radius 1 is 1.30 bits per heavy atom. The first-order valence-electron chi connectivity index (χ1n) is 6.37. The summed E-state index contributed by atoms with van der Waals surface area (Å²) in [7, 11) is 1.57. The van der Waals surface area contributed by atoms with Crippen molar-refractivity contribution in [3.8, 4) is 5.75 Å². The van der Waals surface area contributed by atoms with E-state index in [2.05, 4.69) is 29.1 Å². The van der Waals surface area contributed by atoms with Gasteiger partial charge in [-0.15, -0.1) is 0 Å². The van der Waals surface area contributed by atoms with Crippen molar-refractivity contribution in [2.45, 2.75) is 19.8 Å². The molecule has 0 aliphatic carbocycles. The molecule has 5 nitrogen and oxygen atoms in total. The Morgan fingerprint density at radius 3 is 2.70 bits per heavy atom. The van der Waals surface area contributed by atoms with Gasteiger partial charge in [-0.2, -0.15) is 0 Å². The summed E-state index contributed by atoms with van der Waals surface area (Å²) >= 11 is 0. The minimum absolute atomic E-state index is 0.268. The number of benzene rings is 1. The Labute approximate surface area is 118 Å². The molecule has 0 atom stereocenters. The molecule has 0 bridgehead atoms. The Balaban J connectivity index is 2.28. The van der Waals surface area contributed by atoms with Gasteiger partial charge in [-0.25, -0.2) is 4.98 Å². The third-order valence-electron chi connectivity index (χ3n) is 2.93. The fraction of sp³-hybridized carbons (Fsp3) is 0.267. The van der Waals surface area contributed by atoms with Gasteiger partial charge in [-0.3, -0.25) is 9.78 Å². The molecule has 0 saturated heterocycles. The number of methoxy groups -OCH3 is 1. The van der Waals surface area contributed by atoms with Gasteiger partial charge in [-0.05, 0) is 23.6 Å². The zero-order valence-electron chi connectivity index (χ0n) is 11.8. The van der Waals surface area contributed by atoms with Crippen LogP contribution in [0.3, 0.4) is 0 Å².